The van der Waals surface area contributed by atoms with Gasteiger partial charge >= 0.3 is 4.84 Å². The van der Waals surface area contributed by atoms with Crippen molar-refractivity contribution in [1.82, 2.24) is 10.1 Å². The Morgan fingerprint density at radius 1 is 1.53 bits per heavy atom. The van der Waals surface area contributed by atoms with Gasteiger partial charge in [0, 0.05) is 6.42 Å². The van der Waals surface area contributed by atoms with Gasteiger partial charge in [0.25, 0.3) is 0 Å². The number of aromatic nitrogens is 2. The summed E-state index contributed by atoms with van der Waals surface area (Å²) < 4.78 is 4.85. The molecule has 3 N–H and O–H groups in total. The lowest BCUT2D eigenvalue weighted by atomic mass is 9.94. The summed E-state index contributed by atoms with van der Waals surface area (Å²) in [6, 6.07) is 0. The van der Waals surface area contributed by atoms with Gasteiger partial charge in [0.15, 0.2) is 0 Å². The Labute approximate surface area is 101 Å². The van der Waals surface area contributed by atoms with Crippen molar-refractivity contribution in [3.63, 3.8) is 0 Å². The van der Waals surface area contributed by atoms with Crippen molar-refractivity contribution in [2.75, 3.05) is 6.54 Å². The fraction of sp³-hybridized carbons (Fsp3) is 0.778. The maximum atomic E-state index is 5.68. The van der Waals surface area contributed by atoms with Crippen molar-refractivity contribution in [1.29, 1.82) is 0 Å². The molecule has 0 aromatic carbocycles. The zero-order valence-electron chi connectivity index (χ0n) is 9.03. The number of hydrogen-bond acceptors (Lipinski definition) is 4. The highest BCUT2D eigenvalue weighted by atomic mass is 35.5. The second kappa shape index (κ2) is 6.98. The number of nitrogens with one attached hydrogen (secondary N) is 1. The molecule has 1 atom stereocenters. The van der Waals surface area contributed by atoms with Crippen LogP contribution in [0.4, 0.5) is 0 Å². The van der Waals surface area contributed by atoms with Gasteiger partial charge in [-0.15, -0.1) is 12.4 Å². The van der Waals surface area contributed by atoms with Gasteiger partial charge < -0.3 is 10.3 Å². The number of aromatic amines is 1. The van der Waals surface area contributed by atoms with E-state index in [0.29, 0.717) is 18.4 Å². The predicted molar refractivity (Wildman–Crippen MR) is 64.6 cm³/mol. The molecular formula is C9H18ClN3OS. The molecule has 1 aromatic heterocycles. The summed E-state index contributed by atoms with van der Waals surface area (Å²) in [4.78, 5) is 4.31. The number of rotatable bonds is 5. The summed E-state index contributed by atoms with van der Waals surface area (Å²) in [6.07, 6.45) is 1.92. The number of halogens is 1. The van der Waals surface area contributed by atoms with Crippen molar-refractivity contribution in [2.45, 2.75) is 26.7 Å². The van der Waals surface area contributed by atoms with Gasteiger partial charge in [-0.1, -0.05) is 13.8 Å². The molecule has 0 aliphatic carbocycles. The first-order valence-corrected chi connectivity index (χ1v) is 5.27. The molecule has 4 nitrogen and oxygen atoms in total. The molecule has 0 aliphatic heterocycles. The van der Waals surface area contributed by atoms with E-state index >= 15 is 0 Å². The lowest BCUT2D eigenvalue weighted by molar-refractivity contribution is 0.377. The number of nitrogens with zero attached hydrogens (tertiary/aromatic N) is 1. The fourth-order valence-electron chi connectivity index (χ4n) is 1.55. The van der Waals surface area contributed by atoms with E-state index in [-0.39, 0.29) is 17.2 Å². The summed E-state index contributed by atoms with van der Waals surface area (Å²) >= 11 is 4.77. The molecule has 0 bridgehead atoms. The van der Waals surface area contributed by atoms with Gasteiger partial charge in [0.1, 0.15) is 5.82 Å². The number of hydrogen-bond donors (Lipinski definition) is 2. The van der Waals surface area contributed by atoms with Gasteiger partial charge in [-0.05, 0) is 37.0 Å². The molecule has 0 spiro atoms. The quantitative estimate of drug-likeness (QED) is 0.788. The highest BCUT2D eigenvalue weighted by molar-refractivity contribution is 7.71. The third-order valence-electron chi connectivity index (χ3n) is 2.10. The zero-order valence-corrected chi connectivity index (χ0v) is 10.7. The molecule has 1 aromatic rings. The molecular weight excluding hydrogens is 234 g/mol. The molecule has 0 radical (unpaired) electrons. The molecule has 0 amide bonds. The summed E-state index contributed by atoms with van der Waals surface area (Å²) in [7, 11) is 0. The summed E-state index contributed by atoms with van der Waals surface area (Å²) in [5.74, 6) is 1.90. The normalized spacial score (nSPS) is 12.5. The maximum absolute atomic E-state index is 5.68. The Morgan fingerprint density at radius 2 is 2.20 bits per heavy atom. The minimum atomic E-state index is 0. The second-order valence-corrected chi connectivity index (χ2v) is 4.31. The molecule has 1 rings (SSSR count). The Kier molecular flexibility index (Phi) is 6.80. The largest absolute Gasteiger partial charge is 0.348 e. The lowest BCUT2D eigenvalue weighted by Gasteiger charge is -2.14. The molecule has 1 unspecified atom stereocenters. The van der Waals surface area contributed by atoms with Gasteiger partial charge in [-0.25, -0.2) is 5.16 Å². The van der Waals surface area contributed by atoms with Crippen LogP contribution in [0.5, 0.6) is 0 Å². The highest BCUT2D eigenvalue weighted by Gasteiger charge is 2.12. The average Bonchev–Trinajstić information content (AvgIpc) is 2.49. The van der Waals surface area contributed by atoms with Crippen molar-refractivity contribution < 1.29 is 4.52 Å². The van der Waals surface area contributed by atoms with Crippen LogP contribution in [0.15, 0.2) is 4.52 Å². The van der Waals surface area contributed by atoms with E-state index in [1.54, 1.807) is 0 Å². The van der Waals surface area contributed by atoms with Gasteiger partial charge in [-0.2, -0.15) is 4.98 Å². The molecule has 6 heteroatoms. The monoisotopic (exact) mass is 251 g/mol. The Morgan fingerprint density at radius 3 is 2.60 bits per heavy atom. The molecule has 0 saturated carbocycles. The van der Waals surface area contributed by atoms with E-state index in [9.17, 15) is 0 Å². The van der Waals surface area contributed by atoms with Crippen LogP contribution in [0.3, 0.4) is 0 Å². The molecule has 0 fully saturated rings. The fourth-order valence-corrected chi connectivity index (χ4v) is 1.70. The van der Waals surface area contributed by atoms with Gasteiger partial charge in [0.05, 0.1) is 0 Å². The number of H-pyrrole nitrogens is 1. The minimum Gasteiger partial charge on any atom is -0.348 e. The second-order valence-electron chi connectivity index (χ2n) is 3.96. The van der Waals surface area contributed by atoms with Crippen LogP contribution >= 0.6 is 24.6 Å². The van der Waals surface area contributed by atoms with Crippen LogP contribution < -0.4 is 5.73 Å². The van der Waals surface area contributed by atoms with Gasteiger partial charge in [-0.3, -0.25) is 0 Å². The van der Waals surface area contributed by atoms with Crippen LogP contribution in [0.2, 0.25) is 0 Å². The summed E-state index contributed by atoms with van der Waals surface area (Å²) in [6.45, 7) is 5.05. The van der Waals surface area contributed by atoms with Crippen LogP contribution in [-0.2, 0) is 6.42 Å². The van der Waals surface area contributed by atoms with Crippen molar-refractivity contribution in [3.05, 3.63) is 10.7 Å². The first kappa shape index (κ1) is 14.6. The molecule has 0 aliphatic rings. The summed E-state index contributed by atoms with van der Waals surface area (Å²) in [5.41, 5.74) is 5.68. The first-order valence-electron chi connectivity index (χ1n) is 4.86. The third kappa shape index (κ3) is 5.30. The van der Waals surface area contributed by atoms with Crippen LogP contribution in [0.1, 0.15) is 26.1 Å². The van der Waals surface area contributed by atoms with Crippen LogP contribution in [0, 0.1) is 16.7 Å². The first-order chi connectivity index (χ1) is 6.61. The maximum Gasteiger partial charge on any atom is 0.314 e. The predicted octanol–water partition coefficient (Wildman–Crippen LogP) is 2.32. The standard InChI is InChI=1S/C9H17N3OS.ClH/c1-6(2)3-7(5-10)4-8-11-9(14)13-12-8;/h6-7H,3-5,10H2,1-2H3,(H,11,12,14);1H. The Hall–Kier alpha value is -0.390. The zero-order chi connectivity index (χ0) is 10.6. The third-order valence-corrected chi connectivity index (χ3v) is 2.28. The van der Waals surface area contributed by atoms with E-state index in [1.165, 1.54) is 0 Å². The van der Waals surface area contributed by atoms with Crippen molar-refractivity contribution >= 4 is 24.6 Å². The average molecular weight is 252 g/mol. The molecule has 15 heavy (non-hydrogen) atoms. The highest BCUT2D eigenvalue weighted by Crippen LogP contribution is 2.14. The smallest absolute Gasteiger partial charge is 0.314 e. The van der Waals surface area contributed by atoms with E-state index in [2.05, 4.69) is 24.0 Å². The minimum absolute atomic E-state index is 0. The van der Waals surface area contributed by atoms with Crippen LogP contribution in [0.25, 0.3) is 0 Å². The number of nitrogens with two attached hydrogens (primary N) is 1. The molecule has 1 heterocycles. The summed E-state index contributed by atoms with van der Waals surface area (Å²) in [5, 5.41) is 2.70. The lowest BCUT2D eigenvalue weighted by Crippen LogP contribution is -2.19. The SMILES string of the molecule is CC(C)CC(CN)Cc1nc(=S)o[nH]1.Cl. The van der Waals surface area contributed by atoms with Crippen molar-refractivity contribution in [2.24, 2.45) is 17.6 Å². The van der Waals surface area contributed by atoms with Gasteiger partial charge in [0.2, 0.25) is 0 Å². The Balaban J connectivity index is 0.00000196. The van der Waals surface area contributed by atoms with E-state index in [1.807, 2.05) is 0 Å². The molecule has 0 saturated heterocycles. The van der Waals surface area contributed by atoms with E-state index in [4.69, 9.17) is 22.5 Å². The Bertz CT molecular complexity index is 323. The molecule has 88 valence electrons. The van der Waals surface area contributed by atoms with Crippen LogP contribution in [-0.4, -0.2) is 16.7 Å². The topological polar surface area (TPSA) is 67.8 Å². The van der Waals surface area contributed by atoms with E-state index in [0.717, 1.165) is 18.7 Å². The van der Waals surface area contributed by atoms with Crippen molar-refractivity contribution in [3.8, 4) is 0 Å². The van der Waals surface area contributed by atoms with E-state index < -0.39 is 0 Å².